The lowest BCUT2D eigenvalue weighted by Crippen LogP contribution is -2.33. The maximum absolute atomic E-state index is 5.81. The maximum Gasteiger partial charge on any atom is 0.158 e. The molecule has 21 heavy (non-hydrogen) atoms. The number of hydrogen-bond donors (Lipinski definition) is 2. The predicted molar refractivity (Wildman–Crippen MR) is 85.2 cm³/mol. The van der Waals surface area contributed by atoms with E-state index in [1.807, 2.05) is 6.92 Å². The highest BCUT2D eigenvalue weighted by Crippen LogP contribution is 2.22. The molecule has 1 fully saturated rings. The highest BCUT2D eigenvalue weighted by molar-refractivity contribution is 5.44. The fraction of sp³-hybridized carbons (Fsp3) is 0.733. The van der Waals surface area contributed by atoms with E-state index in [4.69, 9.17) is 10.5 Å². The lowest BCUT2D eigenvalue weighted by atomic mass is 10.2. The first-order valence-corrected chi connectivity index (χ1v) is 7.84. The largest absolute Gasteiger partial charge is 0.384 e. The van der Waals surface area contributed by atoms with Crippen LogP contribution in [0, 0.1) is 0 Å². The van der Waals surface area contributed by atoms with Crippen LogP contribution in [0.15, 0.2) is 6.07 Å². The van der Waals surface area contributed by atoms with E-state index in [1.54, 1.807) is 6.07 Å². The van der Waals surface area contributed by atoms with Crippen LogP contribution in [0.4, 0.5) is 11.6 Å². The van der Waals surface area contributed by atoms with Crippen molar-refractivity contribution < 1.29 is 4.74 Å². The van der Waals surface area contributed by atoms with Gasteiger partial charge in [0.2, 0.25) is 0 Å². The fourth-order valence-corrected chi connectivity index (χ4v) is 2.75. The fourth-order valence-electron chi connectivity index (χ4n) is 2.75. The minimum atomic E-state index is 0.401. The molecule has 1 saturated carbocycles. The van der Waals surface area contributed by atoms with E-state index in [-0.39, 0.29) is 0 Å². The number of nitrogen functional groups attached to an aromatic ring is 1. The van der Waals surface area contributed by atoms with Gasteiger partial charge in [0, 0.05) is 31.8 Å². The van der Waals surface area contributed by atoms with Crippen LogP contribution in [0.25, 0.3) is 0 Å². The third-order valence-corrected chi connectivity index (χ3v) is 3.95. The summed E-state index contributed by atoms with van der Waals surface area (Å²) in [6.07, 6.45) is 5.39. The smallest absolute Gasteiger partial charge is 0.158 e. The Morgan fingerprint density at radius 2 is 2.14 bits per heavy atom. The second-order valence-corrected chi connectivity index (χ2v) is 5.58. The summed E-state index contributed by atoms with van der Waals surface area (Å²) in [5.74, 6) is 1.88. The average molecular weight is 293 g/mol. The molecule has 0 saturated heterocycles. The van der Waals surface area contributed by atoms with Crippen LogP contribution >= 0.6 is 0 Å². The Kier molecular flexibility index (Phi) is 6.20. The van der Waals surface area contributed by atoms with Crippen LogP contribution in [-0.2, 0) is 11.3 Å². The minimum absolute atomic E-state index is 0.401. The molecular weight excluding hydrogens is 266 g/mol. The summed E-state index contributed by atoms with van der Waals surface area (Å²) in [4.78, 5) is 11.0. The molecule has 0 unspecified atom stereocenters. The van der Waals surface area contributed by atoms with Crippen molar-refractivity contribution in [3.8, 4) is 0 Å². The highest BCUT2D eigenvalue weighted by Gasteiger charge is 2.18. The summed E-state index contributed by atoms with van der Waals surface area (Å²) >= 11 is 0. The zero-order valence-corrected chi connectivity index (χ0v) is 13.1. The SMILES string of the molecule is CCOCc1nc(N)cc(NCCN(C)C2CCCC2)n1. The number of aromatic nitrogens is 2. The van der Waals surface area contributed by atoms with E-state index in [1.165, 1.54) is 25.7 Å². The molecule has 0 aliphatic heterocycles. The molecule has 1 heterocycles. The Balaban J connectivity index is 1.80. The molecule has 1 aromatic rings. The Labute approximate surface area is 127 Å². The van der Waals surface area contributed by atoms with E-state index < -0.39 is 0 Å². The number of nitrogens with one attached hydrogen (secondary N) is 1. The van der Waals surface area contributed by atoms with E-state index in [9.17, 15) is 0 Å². The Morgan fingerprint density at radius 3 is 2.86 bits per heavy atom. The first-order chi connectivity index (χ1) is 10.2. The van der Waals surface area contributed by atoms with Gasteiger partial charge < -0.3 is 20.7 Å². The molecule has 0 radical (unpaired) electrons. The van der Waals surface area contributed by atoms with Crippen LogP contribution in [-0.4, -0.2) is 47.7 Å². The van der Waals surface area contributed by atoms with Gasteiger partial charge in [-0.3, -0.25) is 0 Å². The topological polar surface area (TPSA) is 76.3 Å². The molecule has 118 valence electrons. The summed E-state index contributed by atoms with van der Waals surface area (Å²) in [6.45, 7) is 4.86. The number of nitrogens with zero attached hydrogens (tertiary/aromatic N) is 3. The van der Waals surface area contributed by atoms with Gasteiger partial charge >= 0.3 is 0 Å². The van der Waals surface area contributed by atoms with Crippen molar-refractivity contribution in [2.75, 3.05) is 37.8 Å². The number of rotatable bonds is 8. The van der Waals surface area contributed by atoms with Crippen LogP contribution in [0.5, 0.6) is 0 Å². The van der Waals surface area contributed by atoms with Crippen molar-refractivity contribution in [1.29, 1.82) is 0 Å². The second-order valence-electron chi connectivity index (χ2n) is 5.58. The lowest BCUT2D eigenvalue weighted by Gasteiger charge is -2.24. The summed E-state index contributed by atoms with van der Waals surface area (Å²) in [6, 6.07) is 2.51. The summed E-state index contributed by atoms with van der Waals surface area (Å²) in [7, 11) is 2.20. The minimum Gasteiger partial charge on any atom is -0.384 e. The molecule has 6 heteroatoms. The van der Waals surface area contributed by atoms with Crippen molar-refractivity contribution >= 4 is 11.6 Å². The molecule has 0 bridgehead atoms. The number of likely N-dealkylation sites (N-methyl/N-ethyl adjacent to an activating group) is 1. The molecule has 0 aromatic carbocycles. The Hall–Kier alpha value is -1.40. The van der Waals surface area contributed by atoms with Gasteiger partial charge in [-0.2, -0.15) is 0 Å². The molecule has 0 amide bonds. The van der Waals surface area contributed by atoms with E-state index in [0.29, 0.717) is 24.9 Å². The normalized spacial score (nSPS) is 15.8. The van der Waals surface area contributed by atoms with E-state index in [2.05, 4.69) is 27.2 Å². The molecule has 3 N–H and O–H groups in total. The maximum atomic E-state index is 5.81. The van der Waals surface area contributed by atoms with Gasteiger partial charge in [-0.25, -0.2) is 9.97 Å². The van der Waals surface area contributed by atoms with Crippen molar-refractivity contribution in [2.24, 2.45) is 0 Å². The van der Waals surface area contributed by atoms with Crippen LogP contribution < -0.4 is 11.1 Å². The summed E-state index contributed by atoms with van der Waals surface area (Å²) in [5.41, 5.74) is 5.81. The average Bonchev–Trinajstić information content (AvgIpc) is 2.99. The van der Waals surface area contributed by atoms with Gasteiger partial charge in [-0.1, -0.05) is 12.8 Å². The standard InChI is InChI=1S/C15H27N5O/c1-3-21-11-15-18-13(16)10-14(19-15)17-8-9-20(2)12-6-4-5-7-12/h10,12H,3-9,11H2,1-2H3,(H3,16,17,18,19). The van der Waals surface area contributed by atoms with Gasteiger partial charge in [0.25, 0.3) is 0 Å². The Bertz CT molecular complexity index is 434. The third kappa shape index (κ3) is 5.13. The quantitative estimate of drug-likeness (QED) is 0.762. The lowest BCUT2D eigenvalue weighted by molar-refractivity contribution is 0.128. The molecule has 0 atom stereocenters. The summed E-state index contributed by atoms with van der Waals surface area (Å²) < 4.78 is 5.32. The highest BCUT2D eigenvalue weighted by atomic mass is 16.5. The molecule has 1 aromatic heterocycles. The molecule has 0 spiro atoms. The molecular formula is C15H27N5O. The number of anilines is 2. The number of hydrogen-bond acceptors (Lipinski definition) is 6. The molecule has 1 aliphatic rings. The third-order valence-electron chi connectivity index (χ3n) is 3.95. The van der Waals surface area contributed by atoms with Gasteiger partial charge in [0.15, 0.2) is 5.82 Å². The van der Waals surface area contributed by atoms with Crippen molar-refractivity contribution in [2.45, 2.75) is 45.3 Å². The van der Waals surface area contributed by atoms with Crippen molar-refractivity contribution in [3.05, 3.63) is 11.9 Å². The monoisotopic (exact) mass is 293 g/mol. The second kappa shape index (κ2) is 8.14. The first-order valence-electron chi connectivity index (χ1n) is 7.84. The van der Waals surface area contributed by atoms with Crippen LogP contribution in [0.3, 0.4) is 0 Å². The number of nitrogens with two attached hydrogens (primary N) is 1. The van der Waals surface area contributed by atoms with Gasteiger partial charge in [-0.15, -0.1) is 0 Å². The van der Waals surface area contributed by atoms with Gasteiger partial charge in [-0.05, 0) is 26.8 Å². The number of ether oxygens (including phenoxy) is 1. The van der Waals surface area contributed by atoms with Gasteiger partial charge in [0.1, 0.15) is 18.2 Å². The predicted octanol–water partition coefficient (Wildman–Crippen LogP) is 1.88. The van der Waals surface area contributed by atoms with Crippen molar-refractivity contribution in [1.82, 2.24) is 14.9 Å². The molecule has 1 aliphatic carbocycles. The summed E-state index contributed by atoms with van der Waals surface area (Å²) in [5, 5.41) is 3.33. The first kappa shape index (κ1) is 16.0. The Morgan fingerprint density at radius 1 is 1.38 bits per heavy atom. The van der Waals surface area contributed by atoms with E-state index in [0.717, 1.165) is 24.9 Å². The van der Waals surface area contributed by atoms with Crippen molar-refractivity contribution in [3.63, 3.8) is 0 Å². The van der Waals surface area contributed by atoms with Crippen LogP contribution in [0.1, 0.15) is 38.4 Å². The zero-order chi connectivity index (χ0) is 15.1. The van der Waals surface area contributed by atoms with E-state index >= 15 is 0 Å². The zero-order valence-electron chi connectivity index (χ0n) is 13.1. The molecule has 6 nitrogen and oxygen atoms in total. The van der Waals surface area contributed by atoms with Gasteiger partial charge in [0.05, 0.1) is 0 Å². The van der Waals surface area contributed by atoms with Crippen LogP contribution in [0.2, 0.25) is 0 Å². The molecule has 2 rings (SSSR count).